The summed E-state index contributed by atoms with van der Waals surface area (Å²) >= 11 is 1.53. The number of piperidine rings is 1. The molecule has 1 fully saturated rings. The molecule has 2 aromatic heterocycles. The molecule has 7 nitrogen and oxygen atoms in total. The van der Waals surface area contributed by atoms with Gasteiger partial charge in [0.2, 0.25) is 0 Å². The van der Waals surface area contributed by atoms with Gasteiger partial charge in [-0.25, -0.2) is 10.1 Å². The summed E-state index contributed by atoms with van der Waals surface area (Å²) < 4.78 is 1.01. The standard InChI is InChI=1S/C18H19N5O2S/c24-17-7-6-16(21-22-17)23-8-2-1-3-13(23)10-19-18(25)12-4-5-14-15(9-12)26-11-20-14/h4-7,9,11,13H,1-3,8,10H2,(H,19,25)(H,22,24). The summed E-state index contributed by atoms with van der Waals surface area (Å²) in [5.74, 6) is 0.662. The highest BCUT2D eigenvalue weighted by atomic mass is 32.1. The number of carbonyl (C=O) groups excluding carboxylic acids is 1. The fraction of sp³-hybridized carbons (Fsp3) is 0.333. The van der Waals surface area contributed by atoms with E-state index in [1.54, 1.807) is 17.6 Å². The average molecular weight is 369 g/mol. The van der Waals surface area contributed by atoms with Crippen LogP contribution in [0.2, 0.25) is 0 Å². The summed E-state index contributed by atoms with van der Waals surface area (Å²) in [5.41, 5.74) is 3.12. The van der Waals surface area contributed by atoms with Crippen molar-refractivity contribution in [3.63, 3.8) is 0 Å². The number of nitrogens with zero attached hydrogens (tertiary/aromatic N) is 3. The van der Waals surface area contributed by atoms with E-state index in [9.17, 15) is 9.59 Å². The number of fused-ring (bicyclic) bond motifs is 1. The minimum atomic E-state index is -0.214. The molecule has 3 aromatic rings. The van der Waals surface area contributed by atoms with Crippen molar-refractivity contribution < 1.29 is 4.79 Å². The van der Waals surface area contributed by atoms with Crippen molar-refractivity contribution in [3.8, 4) is 0 Å². The Morgan fingerprint density at radius 3 is 3.08 bits per heavy atom. The molecule has 0 saturated carbocycles. The monoisotopic (exact) mass is 369 g/mol. The Labute approximate surface area is 154 Å². The predicted molar refractivity (Wildman–Crippen MR) is 102 cm³/mol. The van der Waals surface area contributed by atoms with Crippen molar-refractivity contribution in [2.24, 2.45) is 0 Å². The zero-order valence-corrected chi connectivity index (χ0v) is 15.0. The van der Waals surface area contributed by atoms with Crippen molar-refractivity contribution in [1.29, 1.82) is 0 Å². The van der Waals surface area contributed by atoms with Crippen molar-refractivity contribution in [2.75, 3.05) is 18.0 Å². The molecule has 1 aliphatic rings. The maximum Gasteiger partial charge on any atom is 0.264 e. The fourth-order valence-electron chi connectivity index (χ4n) is 3.32. The largest absolute Gasteiger partial charge is 0.350 e. The summed E-state index contributed by atoms with van der Waals surface area (Å²) in [5, 5.41) is 9.66. The first-order chi connectivity index (χ1) is 12.7. The van der Waals surface area contributed by atoms with E-state index in [0.29, 0.717) is 12.1 Å². The van der Waals surface area contributed by atoms with Crippen LogP contribution in [-0.4, -0.2) is 40.2 Å². The quantitative estimate of drug-likeness (QED) is 0.735. The molecule has 3 heterocycles. The Balaban J connectivity index is 1.45. The first-order valence-electron chi connectivity index (χ1n) is 8.64. The van der Waals surface area contributed by atoms with Gasteiger partial charge in [-0.05, 0) is 43.5 Å². The van der Waals surface area contributed by atoms with Gasteiger partial charge in [-0.3, -0.25) is 9.59 Å². The molecule has 1 unspecified atom stereocenters. The highest BCUT2D eigenvalue weighted by Crippen LogP contribution is 2.22. The minimum Gasteiger partial charge on any atom is -0.350 e. The fourth-order valence-corrected chi connectivity index (χ4v) is 4.04. The highest BCUT2D eigenvalue weighted by Gasteiger charge is 2.24. The SMILES string of the molecule is O=C(NCC1CCCCN1c1ccc(=O)[nH]n1)c1ccc2ncsc2c1. The summed E-state index contributed by atoms with van der Waals surface area (Å²) in [7, 11) is 0. The van der Waals surface area contributed by atoms with Gasteiger partial charge < -0.3 is 10.2 Å². The topological polar surface area (TPSA) is 91.0 Å². The van der Waals surface area contributed by atoms with Crippen molar-refractivity contribution in [3.05, 3.63) is 51.8 Å². The van der Waals surface area contributed by atoms with E-state index >= 15 is 0 Å². The molecule has 2 N–H and O–H groups in total. The summed E-state index contributed by atoms with van der Waals surface area (Å²) in [6, 6.07) is 8.94. The van der Waals surface area contributed by atoms with Gasteiger partial charge in [0.15, 0.2) is 0 Å². The van der Waals surface area contributed by atoms with E-state index in [4.69, 9.17) is 0 Å². The third kappa shape index (κ3) is 3.45. The second-order valence-corrected chi connectivity index (χ2v) is 7.25. The Morgan fingerprint density at radius 1 is 1.31 bits per heavy atom. The minimum absolute atomic E-state index is 0.0831. The van der Waals surface area contributed by atoms with Crippen LogP contribution in [-0.2, 0) is 0 Å². The van der Waals surface area contributed by atoms with Crippen LogP contribution >= 0.6 is 11.3 Å². The Hall–Kier alpha value is -2.74. The van der Waals surface area contributed by atoms with Gasteiger partial charge >= 0.3 is 0 Å². The van der Waals surface area contributed by atoms with Crippen LogP contribution in [0.5, 0.6) is 0 Å². The molecule has 0 spiro atoms. The molecule has 1 aliphatic heterocycles. The Kier molecular flexibility index (Phi) is 4.66. The molecule has 0 bridgehead atoms. The van der Waals surface area contributed by atoms with E-state index < -0.39 is 0 Å². The second-order valence-electron chi connectivity index (χ2n) is 6.37. The molecule has 1 atom stereocenters. The molecule has 0 aliphatic carbocycles. The lowest BCUT2D eigenvalue weighted by atomic mass is 10.0. The van der Waals surface area contributed by atoms with Crippen LogP contribution in [0.15, 0.2) is 40.6 Å². The molecule has 8 heteroatoms. The Bertz CT molecular complexity index is 962. The van der Waals surface area contributed by atoms with Crippen LogP contribution in [0, 0.1) is 0 Å². The second kappa shape index (κ2) is 7.25. The molecular formula is C18H19N5O2S. The number of H-pyrrole nitrogens is 1. The molecule has 134 valence electrons. The molecule has 26 heavy (non-hydrogen) atoms. The smallest absolute Gasteiger partial charge is 0.264 e. The van der Waals surface area contributed by atoms with Gasteiger partial charge in [0.1, 0.15) is 5.82 Å². The van der Waals surface area contributed by atoms with Crippen LogP contribution < -0.4 is 15.8 Å². The Morgan fingerprint density at radius 2 is 2.23 bits per heavy atom. The van der Waals surface area contributed by atoms with Crippen molar-refractivity contribution in [2.45, 2.75) is 25.3 Å². The number of thiazole rings is 1. The molecular weight excluding hydrogens is 350 g/mol. The zero-order valence-electron chi connectivity index (χ0n) is 14.1. The number of hydrogen-bond acceptors (Lipinski definition) is 6. The van der Waals surface area contributed by atoms with Crippen LogP contribution in [0.4, 0.5) is 5.82 Å². The first-order valence-corrected chi connectivity index (χ1v) is 9.52. The van der Waals surface area contributed by atoms with E-state index in [-0.39, 0.29) is 17.5 Å². The number of aromatic nitrogens is 3. The summed E-state index contributed by atoms with van der Waals surface area (Å²) in [4.78, 5) is 30.2. The third-order valence-corrected chi connectivity index (χ3v) is 5.47. The number of benzene rings is 1. The lowest BCUT2D eigenvalue weighted by molar-refractivity contribution is 0.0949. The van der Waals surface area contributed by atoms with E-state index in [2.05, 4.69) is 25.4 Å². The number of carbonyl (C=O) groups is 1. The third-order valence-electron chi connectivity index (χ3n) is 4.68. The normalized spacial score (nSPS) is 17.4. The first kappa shape index (κ1) is 16.7. The molecule has 1 aromatic carbocycles. The molecule has 4 rings (SSSR count). The zero-order chi connectivity index (χ0) is 17.9. The van der Waals surface area contributed by atoms with Crippen LogP contribution in [0.1, 0.15) is 29.6 Å². The number of amides is 1. The number of aromatic amines is 1. The van der Waals surface area contributed by atoms with Gasteiger partial charge in [0.05, 0.1) is 15.7 Å². The van der Waals surface area contributed by atoms with E-state index in [0.717, 1.165) is 41.8 Å². The van der Waals surface area contributed by atoms with Crippen molar-refractivity contribution in [1.82, 2.24) is 20.5 Å². The lowest BCUT2D eigenvalue weighted by Crippen LogP contribution is -2.47. The predicted octanol–water partition coefficient (Wildman–Crippen LogP) is 2.17. The van der Waals surface area contributed by atoms with Gasteiger partial charge in [-0.1, -0.05) is 0 Å². The highest BCUT2D eigenvalue weighted by molar-refractivity contribution is 7.16. The van der Waals surface area contributed by atoms with E-state index in [1.807, 2.05) is 12.1 Å². The number of anilines is 1. The summed E-state index contributed by atoms with van der Waals surface area (Å²) in [6.45, 7) is 1.41. The van der Waals surface area contributed by atoms with Gasteiger partial charge in [0.25, 0.3) is 11.5 Å². The van der Waals surface area contributed by atoms with Gasteiger partial charge in [0, 0.05) is 30.8 Å². The lowest BCUT2D eigenvalue weighted by Gasteiger charge is -2.36. The maximum absolute atomic E-state index is 12.5. The molecule has 0 radical (unpaired) electrons. The van der Waals surface area contributed by atoms with Crippen LogP contribution in [0.25, 0.3) is 10.2 Å². The van der Waals surface area contributed by atoms with Gasteiger partial charge in [-0.15, -0.1) is 11.3 Å². The molecule has 1 saturated heterocycles. The number of rotatable bonds is 4. The van der Waals surface area contributed by atoms with Crippen LogP contribution in [0.3, 0.4) is 0 Å². The van der Waals surface area contributed by atoms with Gasteiger partial charge in [-0.2, -0.15) is 5.10 Å². The molecule has 1 amide bonds. The van der Waals surface area contributed by atoms with Crippen molar-refractivity contribution >= 4 is 33.3 Å². The summed E-state index contributed by atoms with van der Waals surface area (Å²) in [6.07, 6.45) is 3.18. The van der Waals surface area contributed by atoms with E-state index in [1.165, 1.54) is 17.4 Å². The maximum atomic E-state index is 12.5. The number of hydrogen-bond donors (Lipinski definition) is 2. The number of nitrogens with one attached hydrogen (secondary N) is 2. The average Bonchev–Trinajstić information content (AvgIpc) is 3.15.